The Kier molecular flexibility index (Phi) is 2.97. The maximum atomic E-state index is 11.4. The van der Waals surface area contributed by atoms with Crippen LogP contribution >= 0.6 is 0 Å². The second-order valence-corrected chi connectivity index (χ2v) is 3.84. The van der Waals surface area contributed by atoms with Crippen LogP contribution in [0.15, 0.2) is 30.3 Å². The molecule has 1 aliphatic heterocycles. The largest absolute Gasteiger partial charge is 0.445 e. The first-order valence-corrected chi connectivity index (χ1v) is 5.16. The lowest BCUT2D eigenvalue weighted by atomic mass is 10.0. The molecule has 1 atom stereocenters. The number of rotatable bonds is 3. The third kappa shape index (κ3) is 2.54. The zero-order chi connectivity index (χ0) is 12.3. The van der Waals surface area contributed by atoms with Crippen LogP contribution in [-0.2, 0) is 16.1 Å². The van der Waals surface area contributed by atoms with Crippen LogP contribution in [0.5, 0.6) is 0 Å². The van der Waals surface area contributed by atoms with Crippen molar-refractivity contribution in [3.63, 3.8) is 0 Å². The van der Waals surface area contributed by atoms with Gasteiger partial charge in [0.1, 0.15) is 6.61 Å². The van der Waals surface area contributed by atoms with E-state index in [1.807, 2.05) is 30.3 Å². The highest BCUT2D eigenvalue weighted by Crippen LogP contribution is 2.06. The van der Waals surface area contributed by atoms with Crippen LogP contribution in [-0.4, -0.2) is 24.2 Å². The molecule has 1 unspecified atom stereocenters. The summed E-state index contributed by atoms with van der Waals surface area (Å²) < 4.78 is 4.94. The van der Waals surface area contributed by atoms with E-state index in [2.05, 4.69) is 10.6 Å². The topological polar surface area (TPSA) is 93.4 Å². The number of alkyl carbamates (subject to hydrolysis) is 1. The summed E-state index contributed by atoms with van der Waals surface area (Å²) in [5, 5.41) is 4.76. The van der Waals surface area contributed by atoms with Crippen LogP contribution in [0.25, 0.3) is 0 Å². The highest BCUT2D eigenvalue weighted by molar-refractivity contribution is 5.94. The van der Waals surface area contributed by atoms with Crippen molar-refractivity contribution in [1.82, 2.24) is 10.6 Å². The first-order valence-electron chi connectivity index (χ1n) is 5.16. The van der Waals surface area contributed by atoms with E-state index in [4.69, 9.17) is 10.5 Å². The summed E-state index contributed by atoms with van der Waals surface area (Å²) in [7, 11) is 0. The smallest absolute Gasteiger partial charge is 0.409 e. The Hall–Kier alpha value is -2.08. The van der Waals surface area contributed by atoms with Crippen LogP contribution in [0.2, 0.25) is 0 Å². The standard InChI is InChI=1S/C11H13N3O3/c12-11(7-13-9(11)15)14-10(16)17-6-8-4-2-1-3-5-8/h1-5H,6-7,12H2,(H,13,15)(H,14,16). The number of benzene rings is 1. The molecule has 2 rings (SSSR count). The fourth-order valence-electron chi connectivity index (χ4n) is 1.39. The maximum absolute atomic E-state index is 11.4. The second kappa shape index (κ2) is 4.42. The number of nitrogens with two attached hydrogens (primary N) is 1. The molecule has 0 spiro atoms. The van der Waals surface area contributed by atoms with Crippen molar-refractivity contribution >= 4 is 12.0 Å². The summed E-state index contributed by atoms with van der Waals surface area (Å²) in [6.07, 6.45) is -0.703. The fraction of sp³-hybridized carbons (Fsp3) is 0.273. The number of hydrogen-bond acceptors (Lipinski definition) is 4. The van der Waals surface area contributed by atoms with Crippen molar-refractivity contribution in [3.05, 3.63) is 35.9 Å². The predicted molar refractivity (Wildman–Crippen MR) is 59.7 cm³/mol. The van der Waals surface area contributed by atoms with Gasteiger partial charge in [-0.05, 0) is 5.56 Å². The number of carbonyl (C=O) groups excluding carboxylic acids is 2. The minimum atomic E-state index is -1.33. The van der Waals surface area contributed by atoms with Gasteiger partial charge in [-0.15, -0.1) is 0 Å². The molecule has 2 amide bonds. The Bertz CT molecular complexity index is 435. The van der Waals surface area contributed by atoms with Crippen LogP contribution < -0.4 is 16.4 Å². The van der Waals surface area contributed by atoms with Crippen molar-refractivity contribution in [2.45, 2.75) is 12.3 Å². The maximum Gasteiger partial charge on any atom is 0.409 e. The Morgan fingerprint density at radius 2 is 2.18 bits per heavy atom. The van der Waals surface area contributed by atoms with Crippen LogP contribution in [0.3, 0.4) is 0 Å². The molecular formula is C11H13N3O3. The Labute approximate surface area is 98.1 Å². The number of hydrogen-bond donors (Lipinski definition) is 3. The van der Waals surface area contributed by atoms with E-state index < -0.39 is 17.7 Å². The molecule has 1 aromatic carbocycles. The van der Waals surface area contributed by atoms with Gasteiger partial charge in [-0.2, -0.15) is 0 Å². The van der Waals surface area contributed by atoms with Crippen molar-refractivity contribution < 1.29 is 14.3 Å². The zero-order valence-electron chi connectivity index (χ0n) is 9.10. The van der Waals surface area contributed by atoms with Gasteiger partial charge in [0, 0.05) is 0 Å². The van der Waals surface area contributed by atoms with Crippen molar-refractivity contribution in [2.75, 3.05) is 6.54 Å². The van der Waals surface area contributed by atoms with Gasteiger partial charge in [0.25, 0.3) is 5.91 Å². The lowest BCUT2D eigenvalue weighted by molar-refractivity contribution is -0.134. The molecule has 6 heteroatoms. The molecule has 0 radical (unpaired) electrons. The lowest BCUT2D eigenvalue weighted by Crippen LogP contribution is -2.78. The Morgan fingerprint density at radius 1 is 1.47 bits per heavy atom. The molecule has 1 fully saturated rings. The fourth-order valence-corrected chi connectivity index (χ4v) is 1.39. The average molecular weight is 235 g/mol. The predicted octanol–water partition coefficient (Wildman–Crippen LogP) is -0.302. The zero-order valence-corrected chi connectivity index (χ0v) is 9.10. The molecule has 6 nitrogen and oxygen atoms in total. The number of amides is 2. The molecule has 1 aromatic rings. The summed E-state index contributed by atoms with van der Waals surface area (Å²) in [5.74, 6) is -0.408. The highest BCUT2D eigenvalue weighted by Gasteiger charge is 2.44. The van der Waals surface area contributed by atoms with Gasteiger partial charge in [-0.3, -0.25) is 15.8 Å². The molecule has 1 heterocycles. The van der Waals surface area contributed by atoms with Crippen molar-refractivity contribution in [2.24, 2.45) is 5.73 Å². The number of ether oxygens (including phenoxy) is 1. The summed E-state index contributed by atoms with van der Waals surface area (Å²) in [6.45, 7) is 0.358. The number of carbonyl (C=O) groups is 2. The summed E-state index contributed by atoms with van der Waals surface area (Å²) in [6, 6.07) is 9.24. The highest BCUT2D eigenvalue weighted by atomic mass is 16.5. The molecule has 1 aliphatic rings. The first-order chi connectivity index (χ1) is 8.10. The monoisotopic (exact) mass is 235 g/mol. The van der Waals surface area contributed by atoms with E-state index in [1.54, 1.807) is 0 Å². The molecule has 17 heavy (non-hydrogen) atoms. The SMILES string of the molecule is NC1(NC(=O)OCc2ccccc2)CNC1=O. The molecular weight excluding hydrogens is 222 g/mol. The molecule has 0 bridgehead atoms. The van der Waals surface area contributed by atoms with Gasteiger partial charge >= 0.3 is 6.09 Å². The normalized spacial score (nSPS) is 22.3. The number of β-lactam (4-membered cyclic amide) rings is 1. The number of nitrogens with one attached hydrogen (secondary N) is 2. The molecule has 0 aliphatic carbocycles. The van der Waals surface area contributed by atoms with E-state index in [9.17, 15) is 9.59 Å². The summed E-state index contributed by atoms with van der Waals surface area (Å²) in [5.41, 5.74) is 5.13. The molecule has 90 valence electrons. The van der Waals surface area contributed by atoms with Gasteiger partial charge in [0.05, 0.1) is 6.54 Å². The van der Waals surface area contributed by atoms with E-state index in [0.717, 1.165) is 5.56 Å². The summed E-state index contributed by atoms with van der Waals surface area (Å²) in [4.78, 5) is 22.4. The third-order valence-corrected chi connectivity index (χ3v) is 2.47. The van der Waals surface area contributed by atoms with Crippen molar-refractivity contribution in [1.29, 1.82) is 0 Å². The van der Waals surface area contributed by atoms with Gasteiger partial charge < -0.3 is 10.1 Å². The van der Waals surface area contributed by atoms with Gasteiger partial charge in [0.2, 0.25) is 0 Å². The molecule has 0 aromatic heterocycles. The molecule has 1 saturated heterocycles. The average Bonchev–Trinajstić information content (AvgIpc) is 2.36. The van der Waals surface area contributed by atoms with E-state index >= 15 is 0 Å². The third-order valence-electron chi connectivity index (χ3n) is 2.47. The quantitative estimate of drug-likeness (QED) is 0.495. The summed E-state index contributed by atoms with van der Waals surface area (Å²) >= 11 is 0. The minimum Gasteiger partial charge on any atom is -0.445 e. The minimum absolute atomic E-state index is 0.143. The van der Waals surface area contributed by atoms with E-state index in [0.29, 0.717) is 0 Å². The van der Waals surface area contributed by atoms with Crippen LogP contribution in [0.1, 0.15) is 5.56 Å². The van der Waals surface area contributed by atoms with E-state index in [1.165, 1.54) is 0 Å². The van der Waals surface area contributed by atoms with Crippen molar-refractivity contribution in [3.8, 4) is 0 Å². The second-order valence-electron chi connectivity index (χ2n) is 3.84. The molecule has 4 N–H and O–H groups in total. The lowest BCUT2D eigenvalue weighted by Gasteiger charge is -2.36. The van der Waals surface area contributed by atoms with E-state index in [-0.39, 0.29) is 13.2 Å². The molecule has 0 saturated carbocycles. The van der Waals surface area contributed by atoms with Gasteiger partial charge in [0.15, 0.2) is 5.66 Å². The van der Waals surface area contributed by atoms with Gasteiger partial charge in [-0.25, -0.2) is 4.79 Å². The first kappa shape index (κ1) is 11.4. The van der Waals surface area contributed by atoms with Gasteiger partial charge in [-0.1, -0.05) is 30.3 Å². The van der Waals surface area contributed by atoms with Crippen LogP contribution in [0.4, 0.5) is 4.79 Å². The Morgan fingerprint density at radius 3 is 2.71 bits per heavy atom. The van der Waals surface area contributed by atoms with Crippen LogP contribution in [0, 0.1) is 0 Å². The Balaban J connectivity index is 1.80.